The molecule has 4 heteroatoms. The van der Waals surface area contributed by atoms with Crippen LogP contribution in [0.25, 0.3) is 11.3 Å². The largest absolute Gasteiger partial charge is 0.357 e. The molecule has 3 rings (SSSR count). The lowest BCUT2D eigenvalue weighted by Crippen LogP contribution is -2.26. The van der Waals surface area contributed by atoms with Crippen LogP contribution in [-0.2, 0) is 0 Å². The summed E-state index contributed by atoms with van der Waals surface area (Å²) in [4.78, 5) is 0. The Labute approximate surface area is 139 Å². The first-order chi connectivity index (χ1) is 11.0. The lowest BCUT2D eigenvalue weighted by Gasteiger charge is -2.28. The third kappa shape index (κ3) is 3.02. The van der Waals surface area contributed by atoms with Crippen LogP contribution in [0.3, 0.4) is 0 Å². The molecule has 1 atom stereocenters. The van der Waals surface area contributed by atoms with Gasteiger partial charge in [-0.05, 0) is 42.2 Å². The summed E-state index contributed by atoms with van der Waals surface area (Å²) < 4.78 is 28.9. The molecule has 1 nitrogen and oxygen atoms in total. The highest BCUT2D eigenvalue weighted by Crippen LogP contribution is 2.37. The molecule has 2 aromatic carbocycles. The number of halogens is 3. The molecule has 0 aliphatic carbocycles. The second-order valence-electron chi connectivity index (χ2n) is 5.65. The molecule has 0 saturated heterocycles. The van der Waals surface area contributed by atoms with Gasteiger partial charge in [-0.3, -0.25) is 0 Å². The van der Waals surface area contributed by atoms with Gasteiger partial charge in [-0.2, -0.15) is 0 Å². The Balaban J connectivity index is 2.25. The first kappa shape index (κ1) is 15.8. The van der Waals surface area contributed by atoms with Gasteiger partial charge in [0, 0.05) is 5.70 Å². The molecule has 0 bridgehead atoms. The number of nitrogens with one attached hydrogen (secondary N) is 1. The third-order valence-corrected chi connectivity index (χ3v) is 4.33. The third-order valence-electron chi connectivity index (χ3n) is 3.91. The zero-order chi connectivity index (χ0) is 16.6. The Hall–Kier alpha value is -2.13. The van der Waals surface area contributed by atoms with Gasteiger partial charge < -0.3 is 5.32 Å². The lowest BCUT2D eigenvalue weighted by atomic mass is 9.91. The van der Waals surface area contributed by atoms with Crippen LogP contribution in [0, 0.1) is 18.6 Å². The maximum atomic E-state index is 14.4. The van der Waals surface area contributed by atoms with E-state index in [0.717, 1.165) is 11.1 Å². The average molecular weight is 332 g/mol. The number of hydrogen-bond acceptors (Lipinski definition) is 1. The van der Waals surface area contributed by atoms with Gasteiger partial charge in [-0.25, -0.2) is 8.78 Å². The minimum absolute atomic E-state index is 0.0702. The van der Waals surface area contributed by atoms with Crippen LogP contribution in [0.2, 0.25) is 0 Å². The molecule has 1 aliphatic heterocycles. The summed E-state index contributed by atoms with van der Waals surface area (Å²) in [6, 6.07) is 12.1. The van der Waals surface area contributed by atoms with E-state index >= 15 is 0 Å². The van der Waals surface area contributed by atoms with Crippen LogP contribution in [-0.4, -0.2) is 5.38 Å². The van der Waals surface area contributed by atoms with Crippen LogP contribution in [0.15, 0.2) is 54.7 Å². The molecule has 118 valence electrons. The summed E-state index contributed by atoms with van der Waals surface area (Å²) in [6.07, 6.45) is 0.458. The molecule has 0 radical (unpaired) electrons. The Kier molecular flexibility index (Phi) is 4.22. The molecule has 0 saturated carbocycles. The van der Waals surface area contributed by atoms with Crippen LogP contribution in [0.1, 0.15) is 23.1 Å². The van der Waals surface area contributed by atoms with Crippen LogP contribution in [0.5, 0.6) is 0 Å². The zero-order valence-electron chi connectivity index (χ0n) is 12.7. The molecule has 1 N–H and O–H groups in total. The number of aryl methyl sites for hydroxylation is 1. The van der Waals surface area contributed by atoms with Crippen molar-refractivity contribution < 1.29 is 8.78 Å². The molecule has 2 aromatic rings. The first-order valence-corrected chi connectivity index (χ1v) is 7.75. The summed E-state index contributed by atoms with van der Waals surface area (Å²) in [5, 5.41) is 2.68. The van der Waals surface area contributed by atoms with Gasteiger partial charge in [0.25, 0.3) is 0 Å². The second-order valence-corrected chi connectivity index (χ2v) is 6.17. The SMILES string of the molecule is C=C1NC(c2c(F)cc(C)cc2F)=C(c2ccccc2)CC1Cl. The van der Waals surface area contributed by atoms with E-state index in [4.69, 9.17) is 11.6 Å². The second kappa shape index (κ2) is 6.17. The van der Waals surface area contributed by atoms with Gasteiger partial charge in [-0.1, -0.05) is 36.9 Å². The van der Waals surface area contributed by atoms with E-state index in [-0.39, 0.29) is 10.9 Å². The fourth-order valence-electron chi connectivity index (χ4n) is 2.77. The summed E-state index contributed by atoms with van der Waals surface area (Å²) >= 11 is 6.29. The maximum Gasteiger partial charge on any atom is 0.135 e. The number of benzene rings is 2. The highest BCUT2D eigenvalue weighted by atomic mass is 35.5. The van der Waals surface area contributed by atoms with E-state index in [1.807, 2.05) is 30.3 Å². The highest BCUT2D eigenvalue weighted by molar-refractivity contribution is 6.23. The van der Waals surface area contributed by atoms with Crippen molar-refractivity contribution in [3.63, 3.8) is 0 Å². The normalized spacial score (nSPS) is 18.1. The molecular formula is C19H16ClF2N. The molecule has 23 heavy (non-hydrogen) atoms. The molecule has 0 aromatic heterocycles. The number of allylic oxidation sites excluding steroid dienone is 2. The summed E-state index contributed by atoms with van der Waals surface area (Å²) in [5.41, 5.74) is 3.07. The molecule has 0 amide bonds. The van der Waals surface area contributed by atoms with E-state index in [0.29, 0.717) is 23.4 Å². The van der Waals surface area contributed by atoms with Crippen LogP contribution in [0.4, 0.5) is 8.78 Å². The minimum atomic E-state index is -0.598. The summed E-state index contributed by atoms with van der Waals surface area (Å²) in [7, 11) is 0. The van der Waals surface area contributed by atoms with Crippen molar-refractivity contribution in [1.29, 1.82) is 0 Å². The predicted octanol–water partition coefficient (Wildman–Crippen LogP) is 5.26. The molecule has 1 aliphatic rings. The van der Waals surface area contributed by atoms with Crippen molar-refractivity contribution in [3.8, 4) is 0 Å². The molecule has 1 heterocycles. The first-order valence-electron chi connectivity index (χ1n) is 7.32. The number of hydrogen-bond donors (Lipinski definition) is 1. The molecule has 0 fully saturated rings. The Morgan fingerprint density at radius 2 is 1.74 bits per heavy atom. The van der Waals surface area contributed by atoms with Crippen molar-refractivity contribution in [2.24, 2.45) is 0 Å². The number of rotatable bonds is 2. The van der Waals surface area contributed by atoms with Crippen molar-refractivity contribution in [1.82, 2.24) is 5.32 Å². The van der Waals surface area contributed by atoms with E-state index in [9.17, 15) is 8.78 Å². The Bertz CT molecular complexity index is 773. The van der Waals surface area contributed by atoms with Crippen molar-refractivity contribution >= 4 is 22.9 Å². The monoisotopic (exact) mass is 331 g/mol. The Morgan fingerprint density at radius 1 is 1.13 bits per heavy atom. The van der Waals surface area contributed by atoms with E-state index in [1.165, 1.54) is 12.1 Å². The topological polar surface area (TPSA) is 12.0 Å². The van der Waals surface area contributed by atoms with Crippen molar-refractivity contribution in [2.45, 2.75) is 18.7 Å². The molecular weight excluding hydrogens is 316 g/mol. The number of alkyl halides is 1. The van der Waals surface area contributed by atoms with Gasteiger partial charge in [-0.15, -0.1) is 11.6 Å². The molecule has 1 unspecified atom stereocenters. The Morgan fingerprint density at radius 3 is 2.35 bits per heavy atom. The summed E-state index contributed by atoms with van der Waals surface area (Å²) in [6.45, 7) is 5.51. The van der Waals surface area contributed by atoms with E-state index in [1.54, 1.807) is 6.92 Å². The van der Waals surface area contributed by atoms with Gasteiger partial charge in [0.05, 0.1) is 16.6 Å². The van der Waals surface area contributed by atoms with Crippen LogP contribution >= 0.6 is 11.6 Å². The van der Waals surface area contributed by atoms with E-state index < -0.39 is 11.6 Å². The quantitative estimate of drug-likeness (QED) is 0.740. The fraction of sp³-hybridized carbons (Fsp3) is 0.158. The van der Waals surface area contributed by atoms with Crippen molar-refractivity contribution in [3.05, 3.63) is 83.1 Å². The highest BCUT2D eigenvalue weighted by Gasteiger charge is 2.27. The average Bonchev–Trinajstić information content (AvgIpc) is 2.50. The predicted molar refractivity (Wildman–Crippen MR) is 90.9 cm³/mol. The lowest BCUT2D eigenvalue weighted by molar-refractivity contribution is 0.572. The fourth-order valence-corrected chi connectivity index (χ4v) is 2.98. The van der Waals surface area contributed by atoms with Crippen molar-refractivity contribution in [2.75, 3.05) is 0 Å². The van der Waals surface area contributed by atoms with Crippen LogP contribution < -0.4 is 5.32 Å². The molecule has 0 spiro atoms. The maximum absolute atomic E-state index is 14.4. The standard InChI is InChI=1S/C19H16ClF2N/c1-11-8-16(21)18(17(22)9-11)19-14(10-15(20)12(2)23-19)13-6-4-3-5-7-13/h3-9,15,23H,2,10H2,1H3. The van der Waals surface area contributed by atoms with Gasteiger partial charge in [0.15, 0.2) is 0 Å². The van der Waals surface area contributed by atoms with Gasteiger partial charge >= 0.3 is 0 Å². The van der Waals surface area contributed by atoms with Gasteiger partial charge in [0.2, 0.25) is 0 Å². The summed E-state index contributed by atoms with van der Waals surface area (Å²) in [5.74, 6) is -1.20. The van der Waals surface area contributed by atoms with E-state index in [2.05, 4.69) is 11.9 Å². The minimum Gasteiger partial charge on any atom is -0.357 e. The van der Waals surface area contributed by atoms with Gasteiger partial charge in [0.1, 0.15) is 11.6 Å². The zero-order valence-corrected chi connectivity index (χ0v) is 13.4. The smallest absolute Gasteiger partial charge is 0.135 e.